The molecule has 22 heavy (non-hydrogen) atoms. The zero-order valence-corrected chi connectivity index (χ0v) is 14.8. The molecular weight excluding hydrogens is 386 g/mol. The van der Waals surface area contributed by atoms with E-state index in [1.54, 1.807) is 0 Å². The molecule has 1 aromatic carbocycles. The van der Waals surface area contributed by atoms with Crippen LogP contribution in [0, 0.1) is 0 Å². The quantitative estimate of drug-likeness (QED) is 0.418. The van der Waals surface area contributed by atoms with E-state index in [0.29, 0.717) is 28.6 Å². The van der Waals surface area contributed by atoms with Crippen molar-refractivity contribution < 1.29 is 14.7 Å². The highest BCUT2D eigenvalue weighted by Crippen LogP contribution is 2.32. The Bertz CT molecular complexity index is 628. The van der Waals surface area contributed by atoms with E-state index in [4.69, 9.17) is 12.2 Å². The molecule has 0 aromatic heterocycles. The fourth-order valence-electron chi connectivity index (χ4n) is 1.94. The molecule has 0 bridgehead atoms. The minimum atomic E-state index is -1.07. The van der Waals surface area contributed by atoms with Crippen molar-refractivity contribution in [1.82, 2.24) is 4.90 Å². The summed E-state index contributed by atoms with van der Waals surface area (Å²) >= 11 is 9.86. The summed E-state index contributed by atoms with van der Waals surface area (Å²) in [4.78, 5) is 24.8. The number of carboxylic acid groups (broad SMARTS) is 1. The summed E-state index contributed by atoms with van der Waals surface area (Å²) in [5.74, 6) is -1.19. The Labute approximate surface area is 146 Å². The maximum Gasteiger partial charge on any atom is 0.266 e. The van der Waals surface area contributed by atoms with Crippen LogP contribution in [0.1, 0.15) is 24.8 Å². The van der Waals surface area contributed by atoms with Crippen molar-refractivity contribution in [3.8, 4) is 0 Å². The van der Waals surface area contributed by atoms with Gasteiger partial charge in [0.1, 0.15) is 4.32 Å². The Morgan fingerprint density at radius 1 is 1.32 bits per heavy atom. The first-order valence-corrected chi connectivity index (χ1v) is 8.70. The zero-order valence-electron chi connectivity index (χ0n) is 11.6. The molecule has 4 nitrogen and oxygen atoms in total. The van der Waals surface area contributed by atoms with Crippen LogP contribution in [-0.2, 0) is 9.59 Å². The predicted octanol–water partition coefficient (Wildman–Crippen LogP) is 2.57. The van der Waals surface area contributed by atoms with E-state index in [9.17, 15) is 14.7 Å². The fourth-order valence-corrected chi connectivity index (χ4v) is 3.52. The van der Waals surface area contributed by atoms with Gasteiger partial charge in [0, 0.05) is 17.0 Å². The Morgan fingerprint density at radius 2 is 2.00 bits per heavy atom. The van der Waals surface area contributed by atoms with Gasteiger partial charge in [-0.2, -0.15) is 0 Å². The molecule has 0 saturated carbocycles. The van der Waals surface area contributed by atoms with Crippen molar-refractivity contribution in [3.63, 3.8) is 0 Å². The third-order valence-corrected chi connectivity index (χ3v) is 4.96. The summed E-state index contributed by atoms with van der Waals surface area (Å²) in [6.07, 6.45) is 2.88. The van der Waals surface area contributed by atoms with Gasteiger partial charge in [0.2, 0.25) is 0 Å². The molecule has 1 heterocycles. The summed E-state index contributed by atoms with van der Waals surface area (Å²) in [5.41, 5.74) is 0.931. The number of hydrogen-bond donors (Lipinski definition) is 0. The van der Waals surface area contributed by atoms with Crippen LogP contribution in [-0.4, -0.2) is 27.6 Å². The lowest BCUT2D eigenvalue weighted by atomic mass is 10.2. The molecule has 0 aliphatic carbocycles. The summed E-state index contributed by atoms with van der Waals surface area (Å²) in [6, 6.07) is 7.64. The molecule has 0 spiro atoms. The number of thioether (sulfide) groups is 1. The predicted molar refractivity (Wildman–Crippen MR) is 92.9 cm³/mol. The first-order valence-electron chi connectivity index (χ1n) is 6.68. The lowest BCUT2D eigenvalue weighted by Crippen LogP contribution is -2.29. The highest BCUT2D eigenvalue weighted by Gasteiger charge is 2.31. The number of carbonyl (C=O) groups is 2. The zero-order chi connectivity index (χ0) is 16.1. The molecule has 1 saturated heterocycles. The van der Waals surface area contributed by atoms with Gasteiger partial charge in [-0.25, -0.2) is 0 Å². The molecule has 0 N–H and O–H groups in total. The van der Waals surface area contributed by atoms with Crippen LogP contribution >= 0.6 is 39.9 Å². The Balaban J connectivity index is 1.99. The van der Waals surface area contributed by atoms with Gasteiger partial charge in [-0.05, 0) is 43.0 Å². The summed E-state index contributed by atoms with van der Waals surface area (Å²) in [5, 5.41) is 10.4. The van der Waals surface area contributed by atoms with Crippen LogP contribution in [0.3, 0.4) is 0 Å². The Kier molecular flexibility index (Phi) is 6.16. The second-order valence-corrected chi connectivity index (χ2v) is 7.31. The number of thiocarbonyl (C=S) groups is 1. The van der Waals surface area contributed by atoms with Gasteiger partial charge in [-0.15, -0.1) is 0 Å². The third-order valence-electron chi connectivity index (χ3n) is 3.05. The van der Waals surface area contributed by atoms with Crippen LogP contribution < -0.4 is 5.11 Å². The highest BCUT2D eigenvalue weighted by molar-refractivity contribution is 9.10. The number of halogens is 1. The number of hydrogen-bond acceptors (Lipinski definition) is 5. The topological polar surface area (TPSA) is 60.4 Å². The van der Waals surface area contributed by atoms with Crippen LogP contribution in [0.25, 0.3) is 6.08 Å². The normalized spacial score (nSPS) is 16.6. The first-order chi connectivity index (χ1) is 10.5. The van der Waals surface area contributed by atoms with Gasteiger partial charge in [-0.3, -0.25) is 9.69 Å². The van der Waals surface area contributed by atoms with E-state index < -0.39 is 5.97 Å². The molecule has 2 rings (SSSR count). The van der Waals surface area contributed by atoms with Crippen LogP contribution in [0.5, 0.6) is 0 Å². The van der Waals surface area contributed by atoms with Gasteiger partial charge in [0.05, 0.1) is 4.91 Å². The number of nitrogens with zero attached hydrogens (tertiary/aromatic N) is 1. The van der Waals surface area contributed by atoms with Crippen molar-refractivity contribution >= 4 is 62.2 Å². The number of carbonyl (C=O) groups excluding carboxylic acids is 2. The van der Waals surface area contributed by atoms with Gasteiger partial charge >= 0.3 is 0 Å². The van der Waals surface area contributed by atoms with Gasteiger partial charge < -0.3 is 9.90 Å². The number of amides is 1. The fraction of sp³-hybridized carbons (Fsp3) is 0.267. The van der Waals surface area contributed by atoms with Crippen molar-refractivity contribution in [2.45, 2.75) is 19.3 Å². The Hall–Kier alpha value is -1.18. The van der Waals surface area contributed by atoms with E-state index in [-0.39, 0.29) is 12.3 Å². The van der Waals surface area contributed by atoms with Crippen molar-refractivity contribution in [2.75, 3.05) is 6.54 Å². The molecule has 0 unspecified atom stereocenters. The van der Waals surface area contributed by atoms with Crippen molar-refractivity contribution in [2.24, 2.45) is 0 Å². The number of unbranched alkanes of at least 4 members (excludes halogenated alkanes) is 1. The largest absolute Gasteiger partial charge is 0.550 e. The van der Waals surface area contributed by atoms with Crippen LogP contribution in [0.2, 0.25) is 0 Å². The lowest BCUT2D eigenvalue weighted by Gasteiger charge is -2.14. The first kappa shape index (κ1) is 17.2. The smallest absolute Gasteiger partial charge is 0.266 e. The second kappa shape index (κ2) is 7.89. The second-order valence-electron chi connectivity index (χ2n) is 4.71. The van der Waals surface area contributed by atoms with Crippen LogP contribution in [0.15, 0.2) is 33.6 Å². The molecule has 1 aliphatic rings. The summed E-state index contributed by atoms with van der Waals surface area (Å²) in [7, 11) is 0. The van der Waals surface area contributed by atoms with Gasteiger partial charge in [-0.1, -0.05) is 52.0 Å². The van der Waals surface area contributed by atoms with E-state index in [1.807, 2.05) is 30.3 Å². The van der Waals surface area contributed by atoms with Crippen LogP contribution in [0.4, 0.5) is 0 Å². The monoisotopic (exact) mass is 398 g/mol. The molecule has 0 atom stereocenters. The number of carboxylic acids is 1. The number of rotatable bonds is 6. The molecule has 7 heteroatoms. The van der Waals surface area contributed by atoms with E-state index in [1.165, 1.54) is 16.7 Å². The number of benzene rings is 1. The lowest BCUT2D eigenvalue weighted by molar-refractivity contribution is -0.305. The van der Waals surface area contributed by atoms with E-state index in [0.717, 1.165) is 10.0 Å². The minimum Gasteiger partial charge on any atom is -0.550 e. The maximum absolute atomic E-state index is 12.3. The summed E-state index contributed by atoms with van der Waals surface area (Å²) in [6.45, 7) is 0.440. The van der Waals surface area contributed by atoms with E-state index in [2.05, 4.69) is 15.9 Å². The highest BCUT2D eigenvalue weighted by atomic mass is 79.9. The van der Waals surface area contributed by atoms with E-state index >= 15 is 0 Å². The molecule has 1 fully saturated rings. The van der Waals surface area contributed by atoms with Crippen molar-refractivity contribution in [1.29, 1.82) is 0 Å². The SMILES string of the molecule is O=C([O-])CCCCN1C(=O)/C(=C\c2ccc(Br)cc2)SC1=S. The maximum atomic E-state index is 12.3. The van der Waals surface area contributed by atoms with Gasteiger partial charge in [0.15, 0.2) is 0 Å². The molecule has 1 aliphatic heterocycles. The standard InChI is InChI=1S/C15H14BrNO3S2/c16-11-6-4-10(5-7-11)9-12-14(20)17(15(21)22-12)8-2-1-3-13(18)19/h4-7,9H,1-3,8H2,(H,18,19)/p-1/b12-9+. The molecule has 1 amide bonds. The molecule has 1 aromatic rings. The Morgan fingerprint density at radius 3 is 2.64 bits per heavy atom. The van der Waals surface area contributed by atoms with Crippen molar-refractivity contribution in [3.05, 3.63) is 39.2 Å². The third kappa shape index (κ3) is 4.66. The number of aliphatic carboxylic acids is 1. The molecular formula is C15H13BrNO3S2-. The molecule has 116 valence electrons. The molecule has 0 radical (unpaired) electrons. The van der Waals surface area contributed by atoms with Gasteiger partial charge in [0.25, 0.3) is 5.91 Å². The average molecular weight is 399 g/mol. The minimum absolute atomic E-state index is 0.00350. The average Bonchev–Trinajstić information content (AvgIpc) is 2.72. The summed E-state index contributed by atoms with van der Waals surface area (Å²) < 4.78 is 1.49.